The van der Waals surface area contributed by atoms with Gasteiger partial charge in [-0.3, -0.25) is 15.0 Å². The van der Waals surface area contributed by atoms with Gasteiger partial charge in [0.2, 0.25) is 10.0 Å². The van der Waals surface area contributed by atoms with Gasteiger partial charge < -0.3 is 0 Å². The molecule has 0 radical (unpaired) electrons. The molecule has 0 unspecified atom stereocenters. The van der Waals surface area contributed by atoms with Gasteiger partial charge in [0.15, 0.2) is 0 Å². The lowest BCUT2D eigenvalue weighted by atomic mass is 10.1. The summed E-state index contributed by atoms with van der Waals surface area (Å²) in [7, 11) is -3.72. The summed E-state index contributed by atoms with van der Waals surface area (Å²) in [5.41, 5.74) is 2.19. The van der Waals surface area contributed by atoms with Crippen molar-refractivity contribution in [1.82, 2.24) is 9.21 Å². The van der Waals surface area contributed by atoms with Gasteiger partial charge in [-0.2, -0.15) is 4.31 Å². The number of rotatable bonds is 5. The van der Waals surface area contributed by atoms with E-state index in [0.29, 0.717) is 26.2 Å². The van der Waals surface area contributed by atoms with Crippen molar-refractivity contribution in [2.75, 3.05) is 26.2 Å². The van der Waals surface area contributed by atoms with E-state index in [-0.39, 0.29) is 10.6 Å². The minimum Gasteiger partial charge on any atom is -0.296 e. The van der Waals surface area contributed by atoms with Gasteiger partial charge in [-0.05, 0) is 18.6 Å². The third kappa shape index (κ3) is 4.09. The highest BCUT2D eigenvalue weighted by Gasteiger charge is 2.29. The smallest absolute Gasteiger partial charge is 0.270 e. The number of sulfonamides is 1. The molecule has 26 heavy (non-hydrogen) atoms. The molecule has 2 aromatic rings. The minimum atomic E-state index is -3.72. The van der Waals surface area contributed by atoms with Crippen LogP contribution in [0.25, 0.3) is 0 Å². The third-order valence-corrected chi connectivity index (χ3v) is 6.38. The molecule has 1 aliphatic heterocycles. The Hall–Kier alpha value is -2.29. The van der Waals surface area contributed by atoms with Gasteiger partial charge in [-0.25, -0.2) is 8.42 Å². The summed E-state index contributed by atoms with van der Waals surface area (Å²) in [4.78, 5) is 12.5. The molecule has 0 spiro atoms. The van der Waals surface area contributed by atoms with E-state index in [4.69, 9.17) is 0 Å². The fourth-order valence-electron chi connectivity index (χ4n) is 3.10. The number of nitrogens with zero attached hydrogens (tertiary/aromatic N) is 3. The predicted octanol–water partition coefficient (Wildman–Crippen LogP) is 2.41. The summed E-state index contributed by atoms with van der Waals surface area (Å²) in [6.45, 7) is 4.83. The van der Waals surface area contributed by atoms with E-state index in [1.807, 2.05) is 19.1 Å². The maximum absolute atomic E-state index is 12.8. The van der Waals surface area contributed by atoms with E-state index in [1.54, 1.807) is 0 Å². The topological polar surface area (TPSA) is 83.8 Å². The predicted molar refractivity (Wildman–Crippen MR) is 98.3 cm³/mol. The highest BCUT2D eigenvalue weighted by molar-refractivity contribution is 7.89. The molecule has 0 bridgehead atoms. The van der Waals surface area contributed by atoms with Crippen LogP contribution in [-0.4, -0.2) is 48.7 Å². The number of aryl methyl sites for hydroxylation is 1. The van der Waals surface area contributed by atoms with Crippen molar-refractivity contribution in [3.8, 4) is 0 Å². The zero-order valence-electron chi connectivity index (χ0n) is 14.5. The van der Waals surface area contributed by atoms with Crippen molar-refractivity contribution >= 4 is 15.7 Å². The Morgan fingerprint density at radius 1 is 1.04 bits per heavy atom. The van der Waals surface area contributed by atoms with Crippen LogP contribution in [0.15, 0.2) is 53.4 Å². The number of hydrogen-bond donors (Lipinski definition) is 0. The fraction of sp³-hybridized carbons (Fsp3) is 0.333. The lowest BCUT2D eigenvalue weighted by Crippen LogP contribution is -2.48. The summed E-state index contributed by atoms with van der Waals surface area (Å²) in [6.07, 6.45) is 0. The maximum Gasteiger partial charge on any atom is 0.270 e. The molecule has 3 rings (SSSR count). The molecule has 1 heterocycles. The number of nitro benzene ring substituents is 1. The summed E-state index contributed by atoms with van der Waals surface area (Å²) < 4.78 is 26.9. The van der Waals surface area contributed by atoms with Crippen molar-refractivity contribution in [2.24, 2.45) is 0 Å². The van der Waals surface area contributed by atoms with E-state index in [1.165, 1.54) is 33.6 Å². The van der Waals surface area contributed by atoms with Crippen molar-refractivity contribution in [2.45, 2.75) is 18.4 Å². The molecule has 1 saturated heterocycles. The Labute approximate surface area is 153 Å². The molecule has 0 N–H and O–H groups in total. The first kappa shape index (κ1) is 18.5. The van der Waals surface area contributed by atoms with Crippen molar-refractivity contribution < 1.29 is 13.3 Å². The van der Waals surface area contributed by atoms with E-state index in [0.717, 1.165) is 12.6 Å². The first-order valence-corrected chi connectivity index (χ1v) is 9.83. The number of benzene rings is 2. The van der Waals surface area contributed by atoms with Gasteiger partial charge >= 0.3 is 0 Å². The molecule has 8 heteroatoms. The van der Waals surface area contributed by atoms with E-state index in [2.05, 4.69) is 17.0 Å². The second-order valence-corrected chi connectivity index (χ2v) is 8.36. The van der Waals surface area contributed by atoms with Crippen LogP contribution in [0.3, 0.4) is 0 Å². The molecule has 138 valence electrons. The number of piperazine rings is 1. The van der Waals surface area contributed by atoms with Crippen LogP contribution in [0.4, 0.5) is 5.69 Å². The van der Waals surface area contributed by atoms with Crippen LogP contribution < -0.4 is 0 Å². The molecule has 7 nitrogen and oxygen atoms in total. The lowest BCUT2D eigenvalue weighted by molar-refractivity contribution is -0.385. The zero-order chi connectivity index (χ0) is 18.7. The van der Waals surface area contributed by atoms with Gasteiger partial charge in [0, 0.05) is 44.9 Å². The zero-order valence-corrected chi connectivity index (χ0v) is 15.4. The van der Waals surface area contributed by atoms with Crippen LogP contribution in [0.5, 0.6) is 0 Å². The van der Waals surface area contributed by atoms with Gasteiger partial charge in [0.1, 0.15) is 0 Å². The molecule has 2 aromatic carbocycles. The quantitative estimate of drug-likeness (QED) is 0.592. The SMILES string of the molecule is Cc1cccc(CN2CCN(S(=O)(=O)c3cccc([N+](=O)[O-])c3)CC2)c1. The van der Waals surface area contributed by atoms with Crippen molar-refractivity contribution in [3.05, 3.63) is 69.8 Å². The Morgan fingerprint density at radius 2 is 1.73 bits per heavy atom. The first-order valence-electron chi connectivity index (χ1n) is 8.39. The highest BCUT2D eigenvalue weighted by Crippen LogP contribution is 2.22. The van der Waals surface area contributed by atoms with Gasteiger partial charge in [0.25, 0.3) is 5.69 Å². The monoisotopic (exact) mass is 375 g/mol. The summed E-state index contributed by atoms with van der Waals surface area (Å²) in [5.74, 6) is 0. The molecular formula is C18H21N3O4S. The van der Waals surface area contributed by atoms with Crippen LogP contribution in [0, 0.1) is 17.0 Å². The van der Waals surface area contributed by atoms with Gasteiger partial charge in [-0.1, -0.05) is 35.9 Å². The van der Waals surface area contributed by atoms with Crippen LogP contribution in [0.2, 0.25) is 0 Å². The number of nitro groups is 1. The number of hydrogen-bond acceptors (Lipinski definition) is 5. The standard InChI is InChI=1S/C18H21N3O4S/c1-15-4-2-5-16(12-15)14-19-8-10-20(11-9-19)26(24,25)18-7-3-6-17(13-18)21(22)23/h2-7,12-13H,8-11,14H2,1H3. The highest BCUT2D eigenvalue weighted by atomic mass is 32.2. The van der Waals surface area contributed by atoms with E-state index in [9.17, 15) is 18.5 Å². The molecule has 0 aliphatic carbocycles. The second kappa shape index (κ2) is 7.53. The second-order valence-electron chi connectivity index (χ2n) is 6.42. The average Bonchev–Trinajstić information content (AvgIpc) is 2.62. The number of non-ortho nitro benzene ring substituents is 1. The van der Waals surface area contributed by atoms with E-state index >= 15 is 0 Å². The van der Waals surface area contributed by atoms with Gasteiger partial charge in [0.05, 0.1) is 9.82 Å². The largest absolute Gasteiger partial charge is 0.296 e. The molecule has 0 saturated carbocycles. The van der Waals surface area contributed by atoms with Crippen LogP contribution in [0.1, 0.15) is 11.1 Å². The maximum atomic E-state index is 12.8. The molecule has 0 amide bonds. The Bertz CT molecular complexity index is 906. The minimum absolute atomic E-state index is 0.0289. The summed E-state index contributed by atoms with van der Waals surface area (Å²) >= 11 is 0. The normalized spacial score (nSPS) is 16.5. The molecule has 0 atom stereocenters. The summed E-state index contributed by atoms with van der Waals surface area (Å²) in [6, 6.07) is 13.5. The Kier molecular flexibility index (Phi) is 5.36. The van der Waals surface area contributed by atoms with Crippen LogP contribution >= 0.6 is 0 Å². The molecule has 0 aromatic heterocycles. The first-order chi connectivity index (χ1) is 12.4. The van der Waals surface area contributed by atoms with Crippen molar-refractivity contribution in [3.63, 3.8) is 0 Å². The van der Waals surface area contributed by atoms with E-state index < -0.39 is 14.9 Å². The summed E-state index contributed by atoms with van der Waals surface area (Å²) in [5, 5.41) is 10.9. The van der Waals surface area contributed by atoms with Crippen molar-refractivity contribution in [1.29, 1.82) is 0 Å². The van der Waals surface area contributed by atoms with Crippen LogP contribution in [-0.2, 0) is 16.6 Å². The lowest BCUT2D eigenvalue weighted by Gasteiger charge is -2.34. The fourth-order valence-corrected chi connectivity index (χ4v) is 4.57. The molecule has 1 fully saturated rings. The molecule has 1 aliphatic rings. The molecular weight excluding hydrogens is 354 g/mol. The Balaban J connectivity index is 1.67. The third-order valence-electron chi connectivity index (χ3n) is 4.49. The van der Waals surface area contributed by atoms with Gasteiger partial charge in [-0.15, -0.1) is 0 Å². The Morgan fingerprint density at radius 3 is 2.38 bits per heavy atom. The average molecular weight is 375 g/mol.